The van der Waals surface area contributed by atoms with E-state index in [0.717, 1.165) is 16.8 Å². The molecule has 2 atom stereocenters. The number of likely N-dealkylation sites (tertiary alicyclic amines) is 1. The van der Waals surface area contributed by atoms with Gasteiger partial charge in [0.25, 0.3) is 0 Å². The van der Waals surface area contributed by atoms with Crippen molar-refractivity contribution in [3.8, 4) is 0 Å². The van der Waals surface area contributed by atoms with Crippen molar-refractivity contribution in [2.75, 3.05) is 12.4 Å². The van der Waals surface area contributed by atoms with E-state index in [0.29, 0.717) is 6.42 Å². The fourth-order valence-electron chi connectivity index (χ4n) is 3.79. The van der Waals surface area contributed by atoms with Crippen LogP contribution in [0.3, 0.4) is 0 Å². The maximum absolute atomic E-state index is 12.6. The van der Waals surface area contributed by atoms with Crippen LogP contribution in [0, 0.1) is 5.92 Å². The van der Waals surface area contributed by atoms with Crippen LogP contribution in [-0.4, -0.2) is 23.8 Å². The zero-order valence-electron chi connectivity index (χ0n) is 12.2. The molecule has 2 aliphatic rings. The molecule has 4 rings (SSSR count). The van der Waals surface area contributed by atoms with Gasteiger partial charge in [-0.2, -0.15) is 0 Å². The third kappa shape index (κ3) is 1.52. The second-order valence-corrected chi connectivity index (χ2v) is 5.92. The number of para-hydroxylation sites is 1. The van der Waals surface area contributed by atoms with Crippen molar-refractivity contribution in [1.82, 2.24) is 4.90 Å². The number of carbonyl (C=O) groups is 2. The molecule has 2 unspecified atom stereocenters. The Hall–Kier alpha value is -2.62. The number of nitrogens with zero attached hydrogens (tertiary/aromatic N) is 1. The number of fused-ring (bicyclic) bond motifs is 4. The van der Waals surface area contributed by atoms with Crippen molar-refractivity contribution >= 4 is 17.5 Å². The molecule has 0 radical (unpaired) electrons. The molecule has 2 aromatic carbocycles. The van der Waals surface area contributed by atoms with Crippen LogP contribution in [0.2, 0.25) is 0 Å². The third-order valence-corrected chi connectivity index (χ3v) is 4.90. The van der Waals surface area contributed by atoms with Crippen LogP contribution >= 0.6 is 0 Å². The highest BCUT2D eigenvalue weighted by molar-refractivity contribution is 6.10. The van der Waals surface area contributed by atoms with Crippen LogP contribution in [0.5, 0.6) is 0 Å². The predicted molar refractivity (Wildman–Crippen MR) is 83.2 cm³/mol. The van der Waals surface area contributed by atoms with Crippen LogP contribution in [0.25, 0.3) is 0 Å². The van der Waals surface area contributed by atoms with Crippen molar-refractivity contribution in [1.29, 1.82) is 0 Å². The minimum atomic E-state index is -0.627. The van der Waals surface area contributed by atoms with Gasteiger partial charge < -0.3 is 10.2 Å². The van der Waals surface area contributed by atoms with E-state index in [1.807, 2.05) is 54.6 Å². The summed E-state index contributed by atoms with van der Waals surface area (Å²) in [7, 11) is 1.80. The second-order valence-electron chi connectivity index (χ2n) is 5.92. The van der Waals surface area contributed by atoms with Gasteiger partial charge in [0.05, 0.1) is 5.54 Å². The largest absolute Gasteiger partial charge is 0.331 e. The molecule has 2 bridgehead atoms. The van der Waals surface area contributed by atoms with Crippen LogP contribution in [0.4, 0.5) is 5.69 Å². The summed E-state index contributed by atoms with van der Waals surface area (Å²) in [6.07, 6.45) is 0.481. The van der Waals surface area contributed by atoms with E-state index in [9.17, 15) is 9.59 Å². The van der Waals surface area contributed by atoms with Crippen LogP contribution in [0.1, 0.15) is 17.5 Å². The quantitative estimate of drug-likeness (QED) is 0.820. The monoisotopic (exact) mass is 292 g/mol. The van der Waals surface area contributed by atoms with Gasteiger partial charge in [-0.15, -0.1) is 0 Å². The van der Waals surface area contributed by atoms with Gasteiger partial charge in [0.1, 0.15) is 5.92 Å². The molecule has 1 N–H and O–H groups in total. The Morgan fingerprint density at radius 2 is 1.73 bits per heavy atom. The van der Waals surface area contributed by atoms with Gasteiger partial charge in [-0.1, -0.05) is 48.5 Å². The van der Waals surface area contributed by atoms with Gasteiger partial charge in [-0.3, -0.25) is 9.59 Å². The van der Waals surface area contributed by atoms with Crippen LogP contribution in [-0.2, 0) is 15.1 Å². The number of anilines is 1. The number of amides is 2. The smallest absolute Gasteiger partial charge is 0.237 e. The van der Waals surface area contributed by atoms with Crippen LogP contribution < -0.4 is 5.32 Å². The fraction of sp³-hybridized carbons (Fsp3) is 0.222. The normalized spacial score (nSPS) is 26.4. The van der Waals surface area contributed by atoms with Gasteiger partial charge in [-0.05, 0) is 18.1 Å². The maximum atomic E-state index is 12.6. The molecule has 1 fully saturated rings. The molecule has 0 spiro atoms. The zero-order valence-corrected chi connectivity index (χ0v) is 12.2. The minimum absolute atomic E-state index is 0.115. The molecule has 2 heterocycles. The first-order chi connectivity index (χ1) is 10.6. The van der Waals surface area contributed by atoms with Crippen molar-refractivity contribution in [2.45, 2.75) is 12.0 Å². The Balaban J connectivity index is 2.05. The lowest BCUT2D eigenvalue weighted by molar-refractivity contribution is -0.136. The number of nitrogens with one attached hydrogen (secondary N) is 1. The van der Waals surface area contributed by atoms with Crippen molar-refractivity contribution < 1.29 is 9.59 Å². The summed E-state index contributed by atoms with van der Waals surface area (Å²) in [6, 6.07) is 17.7. The summed E-state index contributed by atoms with van der Waals surface area (Å²) in [5.74, 6) is -0.951. The van der Waals surface area contributed by atoms with Crippen molar-refractivity contribution in [3.05, 3.63) is 65.7 Å². The van der Waals surface area contributed by atoms with E-state index in [1.165, 1.54) is 0 Å². The van der Waals surface area contributed by atoms with E-state index in [1.54, 1.807) is 11.9 Å². The number of benzene rings is 2. The Morgan fingerprint density at radius 1 is 1.05 bits per heavy atom. The summed E-state index contributed by atoms with van der Waals surface area (Å²) in [5, 5.41) is 2.91. The zero-order chi connectivity index (χ0) is 15.3. The Labute approximate surface area is 128 Å². The van der Waals surface area contributed by atoms with Crippen molar-refractivity contribution in [3.63, 3.8) is 0 Å². The summed E-state index contributed by atoms with van der Waals surface area (Å²) < 4.78 is 0. The highest BCUT2D eigenvalue weighted by Gasteiger charge is 2.56. The first kappa shape index (κ1) is 13.1. The minimum Gasteiger partial charge on any atom is -0.331 e. The summed E-state index contributed by atoms with van der Waals surface area (Å²) in [5.41, 5.74) is 2.22. The second kappa shape index (κ2) is 4.44. The molecule has 0 aliphatic carbocycles. The first-order valence-electron chi connectivity index (χ1n) is 7.38. The topological polar surface area (TPSA) is 49.4 Å². The Kier molecular flexibility index (Phi) is 2.64. The summed E-state index contributed by atoms with van der Waals surface area (Å²) in [4.78, 5) is 26.7. The van der Waals surface area contributed by atoms with Crippen LogP contribution in [0.15, 0.2) is 54.6 Å². The molecular weight excluding hydrogens is 276 g/mol. The molecule has 4 nitrogen and oxygen atoms in total. The molecule has 2 amide bonds. The number of hydrogen-bond acceptors (Lipinski definition) is 2. The molecule has 2 aliphatic heterocycles. The Bertz CT molecular complexity index is 772. The summed E-state index contributed by atoms with van der Waals surface area (Å²) in [6.45, 7) is 0. The molecule has 22 heavy (non-hydrogen) atoms. The van der Waals surface area contributed by atoms with Gasteiger partial charge in [0.2, 0.25) is 11.8 Å². The maximum Gasteiger partial charge on any atom is 0.237 e. The standard InChI is InChI=1S/C18H16N2O2/c1-20-17(22)13-11-18(20,12-7-3-2-4-8-12)14-9-5-6-10-15(14)19-16(13)21/h2-10,13H,11H2,1H3,(H,19,21). The number of rotatable bonds is 1. The average molecular weight is 292 g/mol. The lowest BCUT2D eigenvalue weighted by Gasteiger charge is -2.38. The summed E-state index contributed by atoms with van der Waals surface area (Å²) >= 11 is 0. The van der Waals surface area contributed by atoms with Gasteiger partial charge in [-0.25, -0.2) is 0 Å². The lowest BCUT2D eigenvalue weighted by Crippen LogP contribution is -2.43. The van der Waals surface area contributed by atoms with E-state index in [-0.39, 0.29) is 11.8 Å². The fourth-order valence-corrected chi connectivity index (χ4v) is 3.79. The number of carbonyl (C=O) groups excluding carboxylic acids is 2. The molecule has 1 saturated heterocycles. The van der Waals surface area contributed by atoms with Crippen molar-refractivity contribution in [2.24, 2.45) is 5.92 Å². The van der Waals surface area contributed by atoms with Gasteiger partial charge >= 0.3 is 0 Å². The highest BCUT2D eigenvalue weighted by atomic mass is 16.2. The molecule has 4 heteroatoms. The molecule has 110 valence electrons. The molecule has 2 aromatic rings. The van der Waals surface area contributed by atoms with E-state index in [4.69, 9.17) is 0 Å². The van der Waals surface area contributed by atoms with E-state index >= 15 is 0 Å². The molecular formula is C18H16N2O2. The third-order valence-electron chi connectivity index (χ3n) is 4.90. The SMILES string of the molecule is CN1C(=O)C2CC1(c1ccccc1)c1ccccc1NC2=O. The van der Waals surface area contributed by atoms with Gasteiger partial charge in [0, 0.05) is 18.3 Å². The molecule has 0 aromatic heterocycles. The van der Waals surface area contributed by atoms with E-state index < -0.39 is 11.5 Å². The number of hydrogen-bond donors (Lipinski definition) is 1. The van der Waals surface area contributed by atoms with E-state index in [2.05, 4.69) is 5.32 Å². The Morgan fingerprint density at radius 3 is 2.50 bits per heavy atom. The highest BCUT2D eigenvalue weighted by Crippen LogP contribution is 2.50. The predicted octanol–water partition coefficient (Wildman–Crippen LogP) is 2.36. The molecule has 0 saturated carbocycles. The lowest BCUT2D eigenvalue weighted by atomic mass is 9.79. The average Bonchev–Trinajstić information content (AvgIpc) is 2.74. The van der Waals surface area contributed by atoms with Gasteiger partial charge in [0.15, 0.2) is 0 Å². The first-order valence-corrected chi connectivity index (χ1v) is 7.38.